The van der Waals surface area contributed by atoms with E-state index >= 15 is 0 Å². The number of benzene rings is 10. The first-order chi connectivity index (χ1) is 31.8. The molecule has 0 unspecified atom stereocenters. The number of ether oxygens (including phenoxy) is 1. The van der Waals surface area contributed by atoms with Crippen molar-refractivity contribution in [1.82, 2.24) is 4.57 Å². The number of hydrogen-bond donors (Lipinski definition) is 0. The Labute approximate surface area is 372 Å². The second kappa shape index (κ2) is 14.3. The van der Waals surface area contributed by atoms with Crippen molar-refractivity contribution in [3.63, 3.8) is 0 Å². The van der Waals surface area contributed by atoms with Crippen LogP contribution in [0, 0.1) is 0 Å². The summed E-state index contributed by atoms with van der Waals surface area (Å²) in [5.74, 6) is 1.77. The van der Waals surface area contributed by atoms with E-state index in [0.717, 1.165) is 45.3 Å². The van der Waals surface area contributed by atoms with E-state index in [1.165, 1.54) is 66.4 Å². The Morgan fingerprint density at radius 3 is 1.58 bits per heavy atom. The van der Waals surface area contributed by atoms with Gasteiger partial charge < -0.3 is 14.2 Å². The highest BCUT2D eigenvalue weighted by Gasteiger charge is 2.51. The Hall–Kier alpha value is -8.40. The van der Waals surface area contributed by atoms with E-state index in [9.17, 15) is 0 Å². The average molecular weight is 817 g/mol. The molecule has 0 saturated heterocycles. The lowest BCUT2D eigenvalue weighted by atomic mass is 9.66. The quantitative estimate of drug-likeness (QED) is 0.166. The summed E-state index contributed by atoms with van der Waals surface area (Å²) in [6.07, 6.45) is 0. The van der Waals surface area contributed by atoms with Crippen molar-refractivity contribution >= 4 is 38.9 Å². The van der Waals surface area contributed by atoms with Gasteiger partial charge in [-0.15, -0.1) is 0 Å². The first-order valence-corrected chi connectivity index (χ1v) is 22.0. The highest BCUT2D eigenvalue weighted by Crippen LogP contribution is 2.62. The minimum absolute atomic E-state index is 0.533. The van der Waals surface area contributed by atoms with Crippen molar-refractivity contribution in [3.8, 4) is 50.6 Å². The highest BCUT2D eigenvalue weighted by atomic mass is 16.5. The van der Waals surface area contributed by atoms with Crippen molar-refractivity contribution in [2.24, 2.45) is 0 Å². The lowest BCUT2D eigenvalue weighted by Gasteiger charge is -2.39. The number of para-hydroxylation sites is 3. The lowest BCUT2D eigenvalue weighted by molar-refractivity contribution is 0.437. The van der Waals surface area contributed by atoms with Gasteiger partial charge in [0.2, 0.25) is 0 Å². The third-order valence-corrected chi connectivity index (χ3v) is 13.5. The molecule has 0 amide bonds. The minimum atomic E-state index is -0.533. The topological polar surface area (TPSA) is 17.4 Å². The molecule has 13 rings (SSSR count). The number of hydrogen-bond acceptors (Lipinski definition) is 2. The van der Waals surface area contributed by atoms with Gasteiger partial charge in [-0.2, -0.15) is 0 Å². The van der Waals surface area contributed by atoms with Gasteiger partial charge in [-0.1, -0.05) is 176 Å². The molecular formula is C61H40N2O. The third kappa shape index (κ3) is 5.34. The molecule has 0 fully saturated rings. The van der Waals surface area contributed by atoms with Gasteiger partial charge >= 0.3 is 0 Å². The first-order valence-electron chi connectivity index (χ1n) is 22.0. The maximum Gasteiger partial charge on any atom is 0.134 e. The van der Waals surface area contributed by atoms with Crippen molar-refractivity contribution in [3.05, 3.63) is 265 Å². The van der Waals surface area contributed by atoms with Crippen LogP contribution in [0.15, 0.2) is 243 Å². The van der Waals surface area contributed by atoms with Gasteiger partial charge in [-0.05, 0) is 99.6 Å². The molecule has 11 aromatic rings. The molecule has 0 saturated carbocycles. The number of aromatic nitrogens is 1. The molecule has 64 heavy (non-hydrogen) atoms. The number of fused-ring (bicyclic) bond motifs is 12. The first kappa shape index (κ1) is 36.3. The number of anilines is 3. The molecule has 3 nitrogen and oxygen atoms in total. The molecule has 0 N–H and O–H groups in total. The van der Waals surface area contributed by atoms with Crippen molar-refractivity contribution in [2.75, 3.05) is 4.90 Å². The van der Waals surface area contributed by atoms with Crippen LogP contribution in [0.25, 0.3) is 60.9 Å². The predicted octanol–water partition coefficient (Wildman–Crippen LogP) is 16.1. The van der Waals surface area contributed by atoms with Gasteiger partial charge in [0.1, 0.15) is 11.5 Å². The maximum absolute atomic E-state index is 7.00. The molecule has 10 aromatic carbocycles. The van der Waals surface area contributed by atoms with Crippen LogP contribution in [0.1, 0.15) is 22.3 Å². The summed E-state index contributed by atoms with van der Waals surface area (Å²) in [6, 6.07) is 87.9. The summed E-state index contributed by atoms with van der Waals surface area (Å²) in [5, 5.41) is 2.40. The zero-order valence-electron chi connectivity index (χ0n) is 34.9. The monoisotopic (exact) mass is 816 g/mol. The molecule has 3 heteroatoms. The van der Waals surface area contributed by atoms with Crippen LogP contribution in [0.3, 0.4) is 0 Å². The molecule has 2 aliphatic rings. The maximum atomic E-state index is 7.00. The fourth-order valence-electron chi connectivity index (χ4n) is 10.7. The lowest BCUT2D eigenvalue weighted by Crippen LogP contribution is -2.32. The van der Waals surface area contributed by atoms with E-state index in [-0.39, 0.29) is 0 Å². The largest absolute Gasteiger partial charge is 0.457 e. The Kier molecular flexibility index (Phi) is 8.13. The molecule has 1 aliphatic heterocycles. The Morgan fingerprint density at radius 2 is 0.875 bits per heavy atom. The van der Waals surface area contributed by atoms with Crippen LogP contribution in [-0.2, 0) is 5.41 Å². The van der Waals surface area contributed by atoms with Crippen LogP contribution in [-0.4, -0.2) is 4.57 Å². The number of nitrogens with zero attached hydrogens (tertiary/aromatic N) is 2. The molecule has 0 radical (unpaired) electrons. The van der Waals surface area contributed by atoms with Gasteiger partial charge in [0.15, 0.2) is 0 Å². The van der Waals surface area contributed by atoms with E-state index in [1.54, 1.807) is 0 Å². The van der Waals surface area contributed by atoms with Crippen molar-refractivity contribution in [2.45, 2.75) is 5.41 Å². The summed E-state index contributed by atoms with van der Waals surface area (Å²) >= 11 is 0. The van der Waals surface area contributed by atoms with Crippen LogP contribution in [0.5, 0.6) is 11.5 Å². The molecule has 1 aromatic heterocycles. The summed E-state index contributed by atoms with van der Waals surface area (Å²) in [6.45, 7) is 0. The average Bonchev–Trinajstić information content (AvgIpc) is 3.85. The molecule has 1 aliphatic carbocycles. The van der Waals surface area contributed by atoms with E-state index in [0.29, 0.717) is 0 Å². The Morgan fingerprint density at radius 1 is 0.344 bits per heavy atom. The van der Waals surface area contributed by atoms with E-state index in [2.05, 4.69) is 252 Å². The predicted molar refractivity (Wildman–Crippen MR) is 264 cm³/mol. The van der Waals surface area contributed by atoms with Crippen LogP contribution < -0.4 is 9.64 Å². The SMILES string of the molecule is c1ccc(-c2ccc(N(c3ccc(-n4c5ccccc5c5cc6c(cc54)Oc4ccccc4C64c5ccccc5-c5ccccc54)cc3)c3ccccc3-c3ccccc3)cc2)cc1. The molecule has 0 atom stereocenters. The van der Waals surface area contributed by atoms with Crippen molar-refractivity contribution in [1.29, 1.82) is 0 Å². The van der Waals surface area contributed by atoms with Crippen LogP contribution in [0.4, 0.5) is 17.1 Å². The highest BCUT2D eigenvalue weighted by molar-refractivity contribution is 6.10. The van der Waals surface area contributed by atoms with Gasteiger partial charge in [0.25, 0.3) is 0 Å². The van der Waals surface area contributed by atoms with Gasteiger partial charge in [-0.25, -0.2) is 0 Å². The number of rotatable bonds is 6. The van der Waals surface area contributed by atoms with E-state index < -0.39 is 5.41 Å². The van der Waals surface area contributed by atoms with Gasteiger partial charge in [0.05, 0.1) is 22.1 Å². The van der Waals surface area contributed by atoms with E-state index in [1.807, 2.05) is 0 Å². The minimum Gasteiger partial charge on any atom is -0.457 e. The summed E-state index contributed by atoms with van der Waals surface area (Å²) < 4.78 is 9.40. The summed E-state index contributed by atoms with van der Waals surface area (Å²) in [4.78, 5) is 2.38. The molecule has 1 spiro atoms. The van der Waals surface area contributed by atoms with Crippen LogP contribution >= 0.6 is 0 Å². The fourth-order valence-corrected chi connectivity index (χ4v) is 10.7. The Balaban J connectivity index is 0.991. The zero-order valence-corrected chi connectivity index (χ0v) is 34.9. The third-order valence-electron chi connectivity index (χ3n) is 13.5. The second-order valence-corrected chi connectivity index (χ2v) is 16.8. The molecule has 2 heterocycles. The molecule has 300 valence electrons. The zero-order chi connectivity index (χ0) is 42.2. The van der Waals surface area contributed by atoms with Gasteiger partial charge in [0, 0.05) is 50.6 Å². The Bertz CT molecular complexity index is 3520. The van der Waals surface area contributed by atoms with Crippen molar-refractivity contribution < 1.29 is 4.74 Å². The summed E-state index contributed by atoms with van der Waals surface area (Å²) in [5.41, 5.74) is 18.2. The normalized spacial score (nSPS) is 12.9. The second-order valence-electron chi connectivity index (χ2n) is 16.8. The van der Waals surface area contributed by atoms with Crippen LogP contribution in [0.2, 0.25) is 0 Å². The standard InChI is InChI=1S/C61H40N2O/c1-3-17-41(18-4-1)42-31-33-44(34-32-42)62(56-28-14-9-21-47(56)43-19-5-2-6-20-43)45-35-37-46(38-36-45)63-57-29-15-10-24-50(57)51-39-55-60(40-58(51)63)64-59-30-16-13-27-54(59)61(55)52-25-11-7-22-48(52)49-23-8-12-26-53(49)61/h1-40H. The van der Waals surface area contributed by atoms with Gasteiger partial charge in [-0.3, -0.25) is 0 Å². The smallest absolute Gasteiger partial charge is 0.134 e. The van der Waals surface area contributed by atoms with E-state index in [4.69, 9.17) is 4.74 Å². The molecule has 0 bridgehead atoms. The molecular weight excluding hydrogens is 777 g/mol. The summed E-state index contributed by atoms with van der Waals surface area (Å²) in [7, 11) is 0. The fraction of sp³-hybridized carbons (Fsp3) is 0.0164.